The van der Waals surface area contributed by atoms with Crippen molar-refractivity contribution in [2.24, 2.45) is 0 Å². The van der Waals surface area contributed by atoms with Crippen LogP contribution in [0.1, 0.15) is 23.6 Å². The van der Waals surface area contributed by atoms with Crippen LogP contribution in [0.3, 0.4) is 0 Å². The first-order valence-electron chi connectivity index (χ1n) is 12.0. The topological polar surface area (TPSA) is 95.1 Å². The summed E-state index contributed by atoms with van der Waals surface area (Å²) >= 11 is 0. The summed E-state index contributed by atoms with van der Waals surface area (Å²) in [6.07, 6.45) is 1.08. The molecule has 0 saturated carbocycles. The zero-order valence-corrected chi connectivity index (χ0v) is 23.0. The van der Waals surface area contributed by atoms with E-state index in [-0.39, 0.29) is 22.2 Å². The van der Waals surface area contributed by atoms with Crippen LogP contribution >= 0.6 is 0 Å². The maximum atomic E-state index is 13.8. The number of amides is 1. The Hall–Kier alpha value is -3.21. The molecule has 3 aromatic carbocycles. The van der Waals surface area contributed by atoms with E-state index in [9.17, 15) is 21.6 Å². The Bertz CT molecular complexity index is 1530. The number of para-hydroxylation sites is 1. The highest BCUT2D eigenvalue weighted by Crippen LogP contribution is 2.33. The fraction of sp³-hybridized carbons (Fsp3) is 0.296. The highest BCUT2D eigenvalue weighted by molar-refractivity contribution is 7.92. The normalized spacial score (nSPS) is 13.6. The monoisotopic (exact) mass is 541 g/mol. The molecule has 0 aromatic heterocycles. The number of carbonyl (C=O) groups excluding carboxylic acids is 1. The molecular weight excluding hydrogens is 510 g/mol. The number of anilines is 2. The molecule has 8 nitrogen and oxygen atoms in total. The lowest BCUT2D eigenvalue weighted by Crippen LogP contribution is -2.43. The standard InChI is InChI=1S/C27H31N3O5S2/c1-5-21-8-6-7-9-26(21)30(37(34,35)23-12-10-20(2)11-13-23)19-27(31)29-17-16-22-18-24(14-15-25(22)29)36(32,33)28(3)4/h6-15,18H,5,16-17,19H2,1-4H3. The minimum absolute atomic E-state index is 0.108. The number of hydrogen-bond acceptors (Lipinski definition) is 5. The van der Waals surface area contributed by atoms with Gasteiger partial charge in [0.2, 0.25) is 15.9 Å². The molecule has 1 amide bonds. The Kier molecular flexibility index (Phi) is 7.45. The first-order chi connectivity index (χ1) is 17.5. The lowest BCUT2D eigenvalue weighted by Gasteiger charge is -2.28. The summed E-state index contributed by atoms with van der Waals surface area (Å²) in [4.78, 5) is 15.4. The lowest BCUT2D eigenvalue weighted by atomic mass is 10.1. The average molecular weight is 542 g/mol. The van der Waals surface area contributed by atoms with E-state index in [2.05, 4.69) is 0 Å². The van der Waals surface area contributed by atoms with Crippen LogP contribution in [0, 0.1) is 6.92 Å². The van der Waals surface area contributed by atoms with Crippen LogP contribution in [0.4, 0.5) is 11.4 Å². The van der Waals surface area contributed by atoms with Crippen molar-refractivity contribution in [3.8, 4) is 0 Å². The van der Waals surface area contributed by atoms with Crippen LogP contribution in [0.25, 0.3) is 0 Å². The Morgan fingerprint density at radius 2 is 1.54 bits per heavy atom. The zero-order valence-electron chi connectivity index (χ0n) is 21.4. The maximum Gasteiger partial charge on any atom is 0.264 e. The van der Waals surface area contributed by atoms with Gasteiger partial charge in [0.15, 0.2) is 0 Å². The molecule has 1 heterocycles. The average Bonchev–Trinajstić information content (AvgIpc) is 3.30. The van der Waals surface area contributed by atoms with Crippen molar-refractivity contribution in [3.63, 3.8) is 0 Å². The van der Waals surface area contributed by atoms with Gasteiger partial charge in [-0.3, -0.25) is 9.10 Å². The first kappa shape index (κ1) is 26.8. The van der Waals surface area contributed by atoms with Crippen molar-refractivity contribution in [3.05, 3.63) is 83.4 Å². The van der Waals surface area contributed by atoms with Gasteiger partial charge in [0, 0.05) is 26.3 Å². The highest BCUT2D eigenvalue weighted by Gasteiger charge is 2.33. The second kappa shape index (κ2) is 10.3. The Labute approximate surface area is 219 Å². The summed E-state index contributed by atoms with van der Waals surface area (Å²) in [7, 11) is -4.71. The summed E-state index contributed by atoms with van der Waals surface area (Å²) in [5.74, 6) is -0.386. The molecule has 1 aliphatic heterocycles. The summed E-state index contributed by atoms with van der Waals surface area (Å²) < 4.78 is 55.0. The number of hydrogen-bond donors (Lipinski definition) is 0. The molecule has 1 aliphatic rings. The summed E-state index contributed by atoms with van der Waals surface area (Å²) in [5, 5.41) is 0. The third-order valence-corrected chi connectivity index (χ3v) is 10.1. The van der Waals surface area contributed by atoms with Crippen molar-refractivity contribution in [2.45, 2.75) is 36.5 Å². The van der Waals surface area contributed by atoms with E-state index in [4.69, 9.17) is 0 Å². The van der Waals surface area contributed by atoms with E-state index >= 15 is 0 Å². The van der Waals surface area contributed by atoms with E-state index < -0.39 is 20.0 Å². The van der Waals surface area contributed by atoms with Gasteiger partial charge in [0.25, 0.3) is 10.0 Å². The Balaban J connectivity index is 1.71. The summed E-state index contributed by atoms with van der Waals surface area (Å²) in [6, 6.07) is 18.4. The second-order valence-corrected chi connectivity index (χ2v) is 13.2. The molecule has 10 heteroatoms. The maximum absolute atomic E-state index is 13.8. The van der Waals surface area contributed by atoms with E-state index in [1.54, 1.807) is 48.5 Å². The number of fused-ring (bicyclic) bond motifs is 1. The van der Waals surface area contributed by atoms with Crippen molar-refractivity contribution in [2.75, 3.05) is 36.4 Å². The van der Waals surface area contributed by atoms with E-state index in [1.807, 2.05) is 26.0 Å². The highest BCUT2D eigenvalue weighted by atomic mass is 32.2. The van der Waals surface area contributed by atoms with Crippen molar-refractivity contribution < 1.29 is 21.6 Å². The first-order valence-corrected chi connectivity index (χ1v) is 14.9. The number of rotatable bonds is 8. The van der Waals surface area contributed by atoms with Gasteiger partial charge < -0.3 is 4.90 Å². The van der Waals surface area contributed by atoms with Gasteiger partial charge in [0.1, 0.15) is 6.54 Å². The Morgan fingerprint density at radius 1 is 0.892 bits per heavy atom. The molecule has 0 radical (unpaired) electrons. The lowest BCUT2D eigenvalue weighted by molar-refractivity contribution is -0.117. The molecule has 0 aliphatic carbocycles. The smallest absolute Gasteiger partial charge is 0.264 e. The van der Waals surface area contributed by atoms with Crippen molar-refractivity contribution in [1.29, 1.82) is 0 Å². The third kappa shape index (κ3) is 5.14. The molecule has 0 unspecified atom stereocenters. The molecule has 196 valence electrons. The molecule has 4 rings (SSSR count). The number of carbonyl (C=O) groups is 1. The molecule has 0 saturated heterocycles. The van der Waals surface area contributed by atoms with E-state index in [0.717, 1.165) is 21.0 Å². The molecule has 37 heavy (non-hydrogen) atoms. The summed E-state index contributed by atoms with van der Waals surface area (Å²) in [6.45, 7) is 3.77. The van der Waals surface area contributed by atoms with Crippen LogP contribution in [-0.2, 0) is 37.7 Å². The minimum Gasteiger partial charge on any atom is -0.310 e. The van der Waals surface area contributed by atoms with Crippen molar-refractivity contribution in [1.82, 2.24) is 4.31 Å². The zero-order chi connectivity index (χ0) is 27.0. The van der Waals surface area contributed by atoms with Crippen LogP contribution < -0.4 is 9.21 Å². The second-order valence-electron chi connectivity index (χ2n) is 9.18. The molecule has 0 N–H and O–H groups in total. The molecule has 0 spiro atoms. The number of sulfonamides is 2. The fourth-order valence-corrected chi connectivity index (χ4v) is 6.81. The van der Waals surface area contributed by atoms with E-state index in [1.165, 1.54) is 29.4 Å². The molecule has 3 aromatic rings. The number of nitrogens with zero attached hydrogens (tertiary/aromatic N) is 3. The third-order valence-electron chi connectivity index (χ3n) is 6.56. The van der Waals surface area contributed by atoms with Gasteiger partial charge in [-0.05, 0) is 67.3 Å². The van der Waals surface area contributed by atoms with Crippen LogP contribution in [0.5, 0.6) is 0 Å². The van der Waals surface area contributed by atoms with E-state index in [0.29, 0.717) is 30.8 Å². The van der Waals surface area contributed by atoms with Crippen LogP contribution in [0.15, 0.2) is 76.5 Å². The molecular formula is C27H31N3O5S2. The fourth-order valence-electron chi connectivity index (χ4n) is 4.41. The largest absolute Gasteiger partial charge is 0.310 e. The molecule has 0 bridgehead atoms. The quantitative estimate of drug-likeness (QED) is 0.434. The number of aryl methyl sites for hydroxylation is 2. The van der Waals surface area contributed by atoms with Gasteiger partial charge in [-0.1, -0.05) is 42.8 Å². The predicted molar refractivity (Wildman–Crippen MR) is 145 cm³/mol. The van der Waals surface area contributed by atoms with Gasteiger partial charge >= 0.3 is 0 Å². The van der Waals surface area contributed by atoms with Gasteiger partial charge in [0.05, 0.1) is 15.5 Å². The van der Waals surface area contributed by atoms with Gasteiger partial charge in [-0.15, -0.1) is 0 Å². The summed E-state index contributed by atoms with van der Waals surface area (Å²) in [5.41, 5.74) is 3.54. The number of benzene rings is 3. The van der Waals surface area contributed by atoms with Crippen LogP contribution in [0.2, 0.25) is 0 Å². The van der Waals surface area contributed by atoms with Crippen molar-refractivity contribution >= 4 is 37.3 Å². The van der Waals surface area contributed by atoms with Gasteiger partial charge in [-0.25, -0.2) is 21.1 Å². The van der Waals surface area contributed by atoms with Gasteiger partial charge in [-0.2, -0.15) is 0 Å². The minimum atomic E-state index is -4.04. The predicted octanol–water partition coefficient (Wildman–Crippen LogP) is 3.59. The molecule has 0 fully saturated rings. The molecule has 0 atom stereocenters. The van der Waals surface area contributed by atoms with Crippen LogP contribution in [-0.4, -0.2) is 54.2 Å². The SMILES string of the molecule is CCc1ccccc1N(CC(=O)N1CCc2cc(S(=O)(=O)N(C)C)ccc21)S(=O)(=O)c1ccc(C)cc1. The Morgan fingerprint density at radius 3 is 2.19 bits per heavy atom.